The largest absolute Gasteiger partial charge is 0.241 e. The van der Waals surface area contributed by atoms with E-state index in [1.54, 1.807) is 6.20 Å². The molecular formula is C10H8BrClN2. The molecule has 0 fully saturated rings. The molecule has 1 aromatic heterocycles. The summed E-state index contributed by atoms with van der Waals surface area (Å²) in [7, 11) is 0. The molecule has 1 aromatic carbocycles. The van der Waals surface area contributed by atoms with E-state index in [9.17, 15) is 0 Å². The minimum Gasteiger partial charge on any atom is -0.241 e. The molecule has 72 valence electrons. The van der Waals surface area contributed by atoms with Crippen LogP contribution in [0.25, 0.3) is 5.69 Å². The van der Waals surface area contributed by atoms with E-state index < -0.39 is 0 Å². The van der Waals surface area contributed by atoms with Crippen LogP contribution in [0.1, 0.15) is 5.56 Å². The Hall–Kier alpha value is -0.800. The van der Waals surface area contributed by atoms with Crippen molar-refractivity contribution < 1.29 is 0 Å². The third-order valence-electron chi connectivity index (χ3n) is 1.86. The van der Waals surface area contributed by atoms with Gasteiger partial charge in [-0.15, -0.1) is 11.6 Å². The van der Waals surface area contributed by atoms with E-state index in [-0.39, 0.29) is 0 Å². The van der Waals surface area contributed by atoms with E-state index in [4.69, 9.17) is 11.6 Å². The minimum atomic E-state index is 0.494. The molecule has 0 spiro atoms. The molecule has 0 saturated carbocycles. The lowest BCUT2D eigenvalue weighted by molar-refractivity contribution is 0.879. The highest BCUT2D eigenvalue weighted by atomic mass is 79.9. The highest BCUT2D eigenvalue weighted by Gasteiger charge is 1.99. The Morgan fingerprint density at radius 3 is 2.93 bits per heavy atom. The monoisotopic (exact) mass is 270 g/mol. The molecule has 0 saturated heterocycles. The van der Waals surface area contributed by atoms with Gasteiger partial charge < -0.3 is 0 Å². The van der Waals surface area contributed by atoms with Crippen LogP contribution in [0.2, 0.25) is 0 Å². The fraction of sp³-hybridized carbons (Fsp3) is 0.100. The van der Waals surface area contributed by atoms with Gasteiger partial charge in [0.15, 0.2) is 0 Å². The molecule has 14 heavy (non-hydrogen) atoms. The third-order valence-corrected chi connectivity index (χ3v) is 2.66. The predicted molar refractivity (Wildman–Crippen MR) is 60.8 cm³/mol. The van der Waals surface area contributed by atoms with Gasteiger partial charge in [-0.2, -0.15) is 5.10 Å². The first kappa shape index (κ1) is 9.74. The lowest BCUT2D eigenvalue weighted by atomic mass is 10.3. The summed E-state index contributed by atoms with van der Waals surface area (Å²) in [6.07, 6.45) is 3.70. The maximum absolute atomic E-state index is 5.70. The standard InChI is InChI=1S/C10H8BrClN2/c11-9-2-1-3-10(4-9)14-7-8(5-12)6-13-14/h1-4,6-7H,5H2. The molecule has 0 radical (unpaired) electrons. The zero-order valence-electron chi connectivity index (χ0n) is 7.32. The molecule has 0 amide bonds. The Kier molecular flexibility index (Phi) is 2.89. The molecule has 1 heterocycles. The second-order valence-corrected chi connectivity index (χ2v) is 4.09. The van der Waals surface area contributed by atoms with E-state index in [1.807, 2.05) is 35.1 Å². The summed E-state index contributed by atoms with van der Waals surface area (Å²) in [5, 5.41) is 4.21. The van der Waals surface area contributed by atoms with Crippen LogP contribution in [-0.4, -0.2) is 9.78 Å². The molecule has 0 bridgehead atoms. The SMILES string of the molecule is ClCc1cnn(-c2cccc(Br)c2)c1. The zero-order chi connectivity index (χ0) is 9.97. The second-order valence-electron chi connectivity index (χ2n) is 2.91. The Morgan fingerprint density at radius 1 is 1.43 bits per heavy atom. The third kappa shape index (κ3) is 1.99. The van der Waals surface area contributed by atoms with Crippen molar-refractivity contribution in [3.05, 3.63) is 46.7 Å². The van der Waals surface area contributed by atoms with Crippen LogP contribution in [0.5, 0.6) is 0 Å². The van der Waals surface area contributed by atoms with Crippen LogP contribution < -0.4 is 0 Å². The lowest BCUT2D eigenvalue weighted by Crippen LogP contribution is -1.93. The summed E-state index contributed by atoms with van der Waals surface area (Å²) in [5.41, 5.74) is 2.04. The second kappa shape index (κ2) is 4.15. The molecule has 2 rings (SSSR count). The Morgan fingerprint density at radius 2 is 2.29 bits per heavy atom. The van der Waals surface area contributed by atoms with Gasteiger partial charge in [-0.1, -0.05) is 22.0 Å². The molecule has 4 heteroatoms. The van der Waals surface area contributed by atoms with Crippen LogP contribution in [0.15, 0.2) is 41.1 Å². The van der Waals surface area contributed by atoms with Crippen molar-refractivity contribution in [1.82, 2.24) is 9.78 Å². The van der Waals surface area contributed by atoms with E-state index in [0.29, 0.717) is 5.88 Å². The molecule has 0 aliphatic rings. The lowest BCUT2D eigenvalue weighted by Gasteiger charge is -2.00. The van der Waals surface area contributed by atoms with E-state index in [0.717, 1.165) is 15.7 Å². The summed E-state index contributed by atoms with van der Waals surface area (Å²) in [4.78, 5) is 0. The summed E-state index contributed by atoms with van der Waals surface area (Å²) in [6, 6.07) is 7.96. The van der Waals surface area contributed by atoms with E-state index in [2.05, 4.69) is 21.0 Å². The Bertz CT molecular complexity index is 439. The van der Waals surface area contributed by atoms with Crippen molar-refractivity contribution in [3.8, 4) is 5.69 Å². The highest BCUT2D eigenvalue weighted by molar-refractivity contribution is 9.10. The smallest absolute Gasteiger partial charge is 0.0656 e. The fourth-order valence-electron chi connectivity index (χ4n) is 1.19. The maximum Gasteiger partial charge on any atom is 0.0656 e. The van der Waals surface area contributed by atoms with Crippen molar-refractivity contribution in [2.75, 3.05) is 0 Å². The van der Waals surface area contributed by atoms with Gasteiger partial charge in [-0.3, -0.25) is 0 Å². The molecule has 0 aliphatic carbocycles. The van der Waals surface area contributed by atoms with Gasteiger partial charge in [0.2, 0.25) is 0 Å². The number of aromatic nitrogens is 2. The van der Waals surface area contributed by atoms with Crippen molar-refractivity contribution in [2.24, 2.45) is 0 Å². The molecule has 0 unspecified atom stereocenters. The quantitative estimate of drug-likeness (QED) is 0.766. The van der Waals surface area contributed by atoms with Crippen LogP contribution in [0.3, 0.4) is 0 Å². The number of hydrogen-bond acceptors (Lipinski definition) is 1. The maximum atomic E-state index is 5.70. The fourth-order valence-corrected chi connectivity index (χ4v) is 1.71. The summed E-state index contributed by atoms with van der Waals surface area (Å²) < 4.78 is 2.85. The average molecular weight is 272 g/mol. The van der Waals surface area contributed by atoms with Gasteiger partial charge in [-0.25, -0.2) is 4.68 Å². The average Bonchev–Trinajstić information content (AvgIpc) is 2.66. The van der Waals surface area contributed by atoms with Crippen LogP contribution in [0, 0.1) is 0 Å². The molecule has 0 aliphatic heterocycles. The number of rotatable bonds is 2. The summed E-state index contributed by atoms with van der Waals surface area (Å²) in [5.74, 6) is 0.494. The summed E-state index contributed by atoms with van der Waals surface area (Å²) >= 11 is 9.11. The van der Waals surface area contributed by atoms with Gasteiger partial charge in [0.25, 0.3) is 0 Å². The minimum absolute atomic E-state index is 0.494. The number of hydrogen-bond donors (Lipinski definition) is 0. The zero-order valence-corrected chi connectivity index (χ0v) is 9.66. The van der Waals surface area contributed by atoms with Gasteiger partial charge >= 0.3 is 0 Å². The van der Waals surface area contributed by atoms with Gasteiger partial charge in [-0.05, 0) is 18.2 Å². The molecule has 0 N–H and O–H groups in total. The van der Waals surface area contributed by atoms with E-state index >= 15 is 0 Å². The highest BCUT2D eigenvalue weighted by Crippen LogP contribution is 2.15. The van der Waals surface area contributed by atoms with Gasteiger partial charge in [0.05, 0.1) is 17.8 Å². The topological polar surface area (TPSA) is 17.8 Å². The first-order chi connectivity index (χ1) is 6.79. The normalized spacial score (nSPS) is 10.4. The van der Waals surface area contributed by atoms with Crippen molar-refractivity contribution in [1.29, 1.82) is 0 Å². The van der Waals surface area contributed by atoms with Crippen LogP contribution in [0.4, 0.5) is 0 Å². The van der Waals surface area contributed by atoms with E-state index in [1.165, 1.54) is 0 Å². The van der Waals surface area contributed by atoms with Crippen molar-refractivity contribution >= 4 is 27.5 Å². The number of nitrogens with zero attached hydrogens (tertiary/aromatic N) is 2. The Balaban J connectivity index is 2.39. The first-order valence-corrected chi connectivity index (χ1v) is 5.48. The Labute approximate surface area is 95.6 Å². The van der Waals surface area contributed by atoms with Gasteiger partial charge in [0, 0.05) is 16.2 Å². The molecular weight excluding hydrogens is 263 g/mol. The van der Waals surface area contributed by atoms with Crippen LogP contribution in [-0.2, 0) is 5.88 Å². The molecule has 2 aromatic rings. The van der Waals surface area contributed by atoms with Gasteiger partial charge in [0.1, 0.15) is 0 Å². The van der Waals surface area contributed by atoms with Crippen molar-refractivity contribution in [3.63, 3.8) is 0 Å². The van der Waals surface area contributed by atoms with Crippen molar-refractivity contribution in [2.45, 2.75) is 5.88 Å². The number of halogens is 2. The van der Waals surface area contributed by atoms with Crippen LogP contribution >= 0.6 is 27.5 Å². The number of alkyl halides is 1. The molecule has 2 nitrogen and oxygen atoms in total. The molecule has 0 atom stereocenters. The number of benzene rings is 1. The first-order valence-electron chi connectivity index (χ1n) is 4.15. The predicted octanol–water partition coefficient (Wildman–Crippen LogP) is 3.37. The summed E-state index contributed by atoms with van der Waals surface area (Å²) in [6.45, 7) is 0.